The van der Waals surface area contributed by atoms with Crippen molar-refractivity contribution in [1.29, 1.82) is 0 Å². The lowest BCUT2D eigenvalue weighted by Gasteiger charge is -2.32. The number of nitrogens with zero attached hydrogens (tertiary/aromatic N) is 2. The van der Waals surface area contributed by atoms with Gasteiger partial charge in [-0.25, -0.2) is 0 Å². The third-order valence-electron chi connectivity index (χ3n) is 5.15. The minimum absolute atomic E-state index is 0.456. The van der Waals surface area contributed by atoms with Crippen molar-refractivity contribution in [3.05, 3.63) is 53.9 Å². The van der Waals surface area contributed by atoms with Gasteiger partial charge in [0.2, 0.25) is 0 Å². The highest BCUT2D eigenvalue weighted by Crippen LogP contribution is 2.25. The van der Waals surface area contributed by atoms with Gasteiger partial charge in [-0.1, -0.05) is 6.07 Å². The van der Waals surface area contributed by atoms with Crippen LogP contribution in [0.1, 0.15) is 24.1 Å². The van der Waals surface area contributed by atoms with Crippen molar-refractivity contribution in [2.24, 2.45) is 0 Å². The van der Waals surface area contributed by atoms with Crippen molar-refractivity contribution < 1.29 is 14.2 Å². The molecule has 0 bridgehead atoms. The Balaban J connectivity index is 1.54. The van der Waals surface area contributed by atoms with E-state index in [0.29, 0.717) is 12.6 Å². The number of methoxy groups -OCH3 is 2. The van der Waals surface area contributed by atoms with Crippen molar-refractivity contribution in [2.75, 3.05) is 40.5 Å². The molecule has 0 atom stereocenters. The lowest BCUT2D eigenvalue weighted by molar-refractivity contribution is 0.126. The zero-order valence-corrected chi connectivity index (χ0v) is 16.9. The molecule has 1 aromatic heterocycles. The number of nitrogens with one attached hydrogen (secondary N) is 1. The standard InChI is InChI=1S/C22H31N3O3/c1-26-14-13-25-11-8-19(9-12-25)24-16-18-15-21(27-2)6-7-22(18)28-17-20-5-3-4-10-23-20/h3-7,10,15,19,24H,8-9,11-14,16-17H2,1-2H3. The molecule has 0 saturated carbocycles. The van der Waals surface area contributed by atoms with Gasteiger partial charge in [-0.05, 0) is 56.3 Å². The van der Waals surface area contributed by atoms with Crippen LogP contribution in [0.5, 0.6) is 11.5 Å². The normalized spacial score (nSPS) is 15.5. The maximum Gasteiger partial charge on any atom is 0.130 e. The van der Waals surface area contributed by atoms with Gasteiger partial charge in [-0.2, -0.15) is 0 Å². The molecular formula is C22H31N3O3. The smallest absolute Gasteiger partial charge is 0.130 e. The van der Waals surface area contributed by atoms with E-state index >= 15 is 0 Å². The monoisotopic (exact) mass is 385 g/mol. The van der Waals surface area contributed by atoms with Gasteiger partial charge in [-0.15, -0.1) is 0 Å². The highest BCUT2D eigenvalue weighted by Gasteiger charge is 2.19. The molecule has 0 amide bonds. The zero-order chi connectivity index (χ0) is 19.6. The van der Waals surface area contributed by atoms with Gasteiger partial charge >= 0.3 is 0 Å². The molecule has 28 heavy (non-hydrogen) atoms. The van der Waals surface area contributed by atoms with Gasteiger partial charge in [0.15, 0.2) is 0 Å². The Hall–Kier alpha value is -2.15. The largest absolute Gasteiger partial charge is 0.497 e. The Morgan fingerprint density at radius 2 is 2.00 bits per heavy atom. The highest BCUT2D eigenvalue weighted by molar-refractivity contribution is 5.40. The number of hydrogen-bond donors (Lipinski definition) is 1. The molecule has 1 aliphatic heterocycles. The van der Waals surface area contributed by atoms with Crippen LogP contribution < -0.4 is 14.8 Å². The number of benzene rings is 1. The molecule has 6 nitrogen and oxygen atoms in total. The van der Waals surface area contributed by atoms with Crippen molar-refractivity contribution in [2.45, 2.75) is 32.0 Å². The van der Waals surface area contributed by atoms with E-state index in [-0.39, 0.29) is 0 Å². The Labute approximate surface area is 167 Å². The Bertz CT molecular complexity index is 703. The van der Waals surface area contributed by atoms with E-state index in [4.69, 9.17) is 14.2 Å². The van der Waals surface area contributed by atoms with E-state index in [2.05, 4.69) is 21.3 Å². The third kappa shape index (κ3) is 6.19. The number of rotatable bonds is 10. The fourth-order valence-corrected chi connectivity index (χ4v) is 3.43. The number of piperidine rings is 1. The fraction of sp³-hybridized carbons (Fsp3) is 0.500. The Morgan fingerprint density at radius 1 is 1.14 bits per heavy atom. The molecule has 3 rings (SSSR count). The second kappa shape index (κ2) is 11.0. The van der Waals surface area contributed by atoms with Gasteiger partial charge < -0.3 is 24.4 Å². The van der Waals surface area contributed by atoms with Gasteiger partial charge in [-0.3, -0.25) is 4.98 Å². The summed E-state index contributed by atoms with van der Waals surface area (Å²) in [5.41, 5.74) is 2.03. The summed E-state index contributed by atoms with van der Waals surface area (Å²) in [6.07, 6.45) is 4.09. The number of ether oxygens (including phenoxy) is 3. The summed E-state index contributed by atoms with van der Waals surface area (Å²) < 4.78 is 16.6. The van der Waals surface area contributed by atoms with E-state index in [0.717, 1.165) is 68.4 Å². The highest BCUT2D eigenvalue weighted by atomic mass is 16.5. The van der Waals surface area contributed by atoms with E-state index in [1.54, 1.807) is 20.4 Å². The Morgan fingerprint density at radius 3 is 2.71 bits per heavy atom. The molecule has 0 spiro atoms. The second-order valence-corrected chi connectivity index (χ2v) is 7.07. The molecule has 6 heteroatoms. The number of pyridine rings is 1. The predicted molar refractivity (Wildman–Crippen MR) is 110 cm³/mol. The fourth-order valence-electron chi connectivity index (χ4n) is 3.43. The topological polar surface area (TPSA) is 55.9 Å². The average Bonchev–Trinajstić information content (AvgIpc) is 2.76. The van der Waals surface area contributed by atoms with Crippen LogP contribution >= 0.6 is 0 Å². The molecule has 2 heterocycles. The molecule has 1 aliphatic rings. The average molecular weight is 386 g/mol. The van der Waals surface area contributed by atoms with Gasteiger partial charge in [0, 0.05) is 38.0 Å². The van der Waals surface area contributed by atoms with Crippen LogP contribution in [0.15, 0.2) is 42.6 Å². The summed E-state index contributed by atoms with van der Waals surface area (Å²) in [6, 6.07) is 12.3. The molecule has 0 unspecified atom stereocenters. The molecule has 0 radical (unpaired) electrons. The van der Waals surface area contributed by atoms with Crippen molar-refractivity contribution in [3.8, 4) is 11.5 Å². The summed E-state index contributed by atoms with van der Waals surface area (Å²) in [5, 5.41) is 3.70. The molecule has 1 N–H and O–H groups in total. The first-order valence-corrected chi connectivity index (χ1v) is 9.93. The molecule has 1 fully saturated rings. The number of aromatic nitrogens is 1. The van der Waals surface area contributed by atoms with Gasteiger partial charge in [0.25, 0.3) is 0 Å². The van der Waals surface area contributed by atoms with Crippen molar-refractivity contribution in [1.82, 2.24) is 15.2 Å². The summed E-state index contributed by atoms with van der Waals surface area (Å²) in [5.74, 6) is 1.72. The maximum atomic E-state index is 6.04. The molecule has 2 aromatic rings. The van der Waals surface area contributed by atoms with Gasteiger partial charge in [0.05, 0.1) is 19.4 Å². The van der Waals surface area contributed by atoms with E-state index < -0.39 is 0 Å². The van der Waals surface area contributed by atoms with Crippen LogP contribution in [0.25, 0.3) is 0 Å². The van der Waals surface area contributed by atoms with Crippen LogP contribution in [-0.2, 0) is 17.9 Å². The number of hydrogen-bond acceptors (Lipinski definition) is 6. The molecule has 152 valence electrons. The van der Waals surface area contributed by atoms with Crippen molar-refractivity contribution in [3.63, 3.8) is 0 Å². The molecule has 1 aromatic carbocycles. The summed E-state index contributed by atoms with van der Waals surface area (Å²) >= 11 is 0. The summed E-state index contributed by atoms with van der Waals surface area (Å²) in [7, 11) is 3.45. The molecular weight excluding hydrogens is 354 g/mol. The first-order valence-electron chi connectivity index (χ1n) is 9.93. The SMILES string of the molecule is COCCN1CCC(NCc2cc(OC)ccc2OCc2ccccn2)CC1. The lowest BCUT2D eigenvalue weighted by atomic mass is 10.0. The minimum Gasteiger partial charge on any atom is -0.497 e. The molecule has 1 saturated heterocycles. The summed E-state index contributed by atoms with van der Waals surface area (Å²) in [6.45, 7) is 5.27. The van der Waals surface area contributed by atoms with Crippen LogP contribution in [0, 0.1) is 0 Å². The van der Waals surface area contributed by atoms with Gasteiger partial charge in [0.1, 0.15) is 18.1 Å². The lowest BCUT2D eigenvalue weighted by Crippen LogP contribution is -2.43. The minimum atomic E-state index is 0.456. The predicted octanol–water partition coefficient (Wildman–Crippen LogP) is 2.87. The first kappa shape index (κ1) is 20.6. The Kier molecular flexibility index (Phi) is 8.08. The van der Waals surface area contributed by atoms with E-state index in [1.165, 1.54) is 0 Å². The van der Waals surface area contributed by atoms with E-state index in [9.17, 15) is 0 Å². The van der Waals surface area contributed by atoms with Crippen LogP contribution in [0.4, 0.5) is 0 Å². The van der Waals surface area contributed by atoms with Crippen LogP contribution in [0.2, 0.25) is 0 Å². The number of likely N-dealkylation sites (tertiary alicyclic amines) is 1. The first-order chi connectivity index (χ1) is 13.8. The summed E-state index contributed by atoms with van der Waals surface area (Å²) in [4.78, 5) is 6.79. The quantitative estimate of drug-likeness (QED) is 0.679. The third-order valence-corrected chi connectivity index (χ3v) is 5.15. The van der Waals surface area contributed by atoms with Crippen molar-refractivity contribution >= 4 is 0 Å². The van der Waals surface area contributed by atoms with Crippen LogP contribution in [0.3, 0.4) is 0 Å². The maximum absolute atomic E-state index is 6.04. The van der Waals surface area contributed by atoms with Crippen LogP contribution in [-0.4, -0.2) is 56.4 Å². The zero-order valence-electron chi connectivity index (χ0n) is 16.9. The second-order valence-electron chi connectivity index (χ2n) is 7.07. The van der Waals surface area contributed by atoms with E-state index in [1.807, 2.05) is 30.3 Å². The molecule has 0 aliphatic carbocycles.